The zero-order valence-electron chi connectivity index (χ0n) is 7.33. The van der Waals surface area contributed by atoms with E-state index >= 15 is 0 Å². The summed E-state index contributed by atoms with van der Waals surface area (Å²) in [6.45, 7) is 5.04. The van der Waals surface area contributed by atoms with Gasteiger partial charge in [0.05, 0.1) is 11.7 Å². The van der Waals surface area contributed by atoms with Crippen molar-refractivity contribution < 1.29 is 0 Å². The van der Waals surface area contributed by atoms with Crippen LogP contribution >= 0.6 is 23.3 Å². The van der Waals surface area contributed by atoms with Crippen LogP contribution in [0.2, 0.25) is 5.15 Å². The number of anilines is 1. The van der Waals surface area contributed by atoms with Crippen LogP contribution in [-0.4, -0.2) is 34.4 Å². The van der Waals surface area contributed by atoms with Crippen molar-refractivity contribution in [2.24, 2.45) is 0 Å². The number of piperazine rings is 1. The highest BCUT2D eigenvalue weighted by atomic mass is 35.5. The number of rotatable bonds is 1. The van der Waals surface area contributed by atoms with Gasteiger partial charge in [-0.05, 0) is 6.92 Å². The summed E-state index contributed by atoms with van der Waals surface area (Å²) in [5, 5.41) is 3.89. The molecule has 0 bridgehead atoms. The molecule has 1 aromatic rings. The van der Waals surface area contributed by atoms with Gasteiger partial charge in [-0.2, -0.15) is 8.75 Å². The lowest BCUT2D eigenvalue weighted by molar-refractivity contribution is 0.483. The zero-order valence-corrected chi connectivity index (χ0v) is 8.90. The second-order valence-corrected chi connectivity index (χ2v) is 4.07. The second kappa shape index (κ2) is 3.77. The molecule has 1 fully saturated rings. The third-order valence-electron chi connectivity index (χ3n) is 2.10. The van der Waals surface area contributed by atoms with Crippen LogP contribution < -0.4 is 10.2 Å². The predicted octanol–water partition coefficient (Wildman–Crippen LogP) is 0.990. The van der Waals surface area contributed by atoms with Gasteiger partial charge in [0.2, 0.25) is 0 Å². The molecule has 4 nitrogen and oxygen atoms in total. The van der Waals surface area contributed by atoms with Crippen LogP contribution in [0.3, 0.4) is 0 Å². The molecule has 72 valence electrons. The number of hydrogen-bond acceptors (Lipinski definition) is 5. The van der Waals surface area contributed by atoms with Crippen molar-refractivity contribution in [3.63, 3.8) is 0 Å². The Balaban J connectivity index is 2.12. The van der Waals surface area contributed by atoms with Gasteiger partial charge in [0.15, 0.2) is 11.0 Å². The minimum atomic E-state index is 0.492. The molecular formula is C7H11ClN4S. The molecule has 1 unspecified atom stereocenters. The lowest BCUT2D eigenvalue weighted by atomic mass is 10.2. The van der Waals surface area contributed by atoms with Gasteiger partial charge in [0.1, 0.15) is 0 Å². The first-order valence-electron chi connectivity index (χ1n) is 4.24. The summed E-state index contributed by atoms with van der Waals surface area (Å²) in [6, 6.07) is 0.492. The highest BCUT2D eigenvalue weighted by Gasteiger charge is 2.20. The number of halogens is 1. The third-order valence-corrected chi connectivity index (χ3v) is 2.97. The molecule has 1 aliphatic rings. The fourth-order valence-corrected chi connectivity index (χ4v) is 2.26. The van der Waals surface area contributed by atoms with E-state index in [-0.39, 0.29) is 0 Å². The Morgan fingerprint density at radius 3 is 3.08 bits per heavy atom. The maximum absolute atomic E-state index is 5.90. The molecule has 0 aromatic carbocycles. The fourth-order valence-electron chi connectivity index (χ4n) is 1.49. The van der Waals surface area contributed by atoms with Crippen LogP contribution in [0.15, 0.2) is 0 Å². The largest absolute Gasteiger partial charge is 0.350 e. The Kier molecular flexibility index (Phi) is 2.66. The predicted molar refractivity (Wildman–Crippen MR) is 54.6 cm³/mol. The van der Waals surface area contributed by atoms with Crippen molar-refractivity contribution in [2.45, 2.75) is 13.0 Å². The molecule has 0 aliphatic carbocycles. The van der Waals surface area contributed by atoms with Crippen LogP contribution in [0.4, 0.5) is 5.82 Å². The Hall–Kier alpha value is -0.390. The second-order valence-electron chi connectivity index (χ2n) is 3.18. The summed E-state index contributed by atoms with van der Waals surface area (Å²) in [6.07, 6.45) is 0. The molecule has 1 saturated heterocycles. The fraction of sp³-hybridized carbons (Fsp3) is 0.714. The van der Waals surface area contributed by atoms with E-state index in [1.165, 1.54) is 11.7 Å². The molecule has 13 heavy (non-hydrogen) atoms. The van der Waals surface area contributed by atoms with E-state index in [2.05, 4.69) is 25.9 Å². The smallest absolute Gasteiger partial charge is 0.187 e. The number of aromatic nitrogens is 2. The van der Waals surface area contributed by atoms with E-state index in [4.69, 9.17) is 11.6 Å². The topological polar surface area (TPSA) is 41.1 Å². The molecule has 2 rings (SSSR count). The average Bonchev–Trinajstić information content (AvgIpc) is 2.51. The number of nitrogens with zero attached hydrogens (tertiary/aromatic N) is 3. The highest BCUT2D eigenvalue weighted by Crippen LogP contribution is 2.23. The summed E-state index contributed by atoms with van der Waals surface area (Å²) < 4.78 is 8.12. The van der Waals surface area contributed by atoms with Gasteiger partial charge < -0.3 is 10.2 Å². The lowest BCUT2D eigenvalue weighted by Crippen LogP contribution is -2.49. The monoisotopic (exact) mass is 218 g/mol. The van der Waals surface area contributed by atoms with Gasteiger partial charge in [-0.25, -0.2) is 0 Å². The van der Waals surface area contributed by atoms with Crippen LogP contribution in [0.25, 0.3) is 0 Å². The lowest BCUT2D eigenvalue weighted by Gasteiger charge is -2.31. The van der Waals surface area contributed by atoms with E-state index in [9.17, 15) is 0 Å². The van der Waals surface area contributed by atoms with Crippen molar-refractivity contribution in [1.82, 2.24) is 14.1 Å². The normalized spacial score (nSPS) is 23.5. The number of nitrogens with one attached hydrogen (secondary N) is 1. The molecule has 1 aromatic heterocycles. The van der Waals surface area contributed by atoms with Crippen molar-refractivity contribution >= 4 is 29.1 Å². The number of hydrogen-bond donors (Lipinski definition) is 1. The third kappa shape index (κ3) is 1.92. The van der Waals surface area contributed by atoms with Crippen LogP contribution in [-0.2, 0) is 0 Å². The first-order valence-corrected chi connectivity index (χ1v) is 5.34. The Morgan fingerprint density at radius 2 is 2.46 bits per heavy atom. The van der Waals surface area contributed by atoms with Gasteiger partial charge >= 0.3 is 0 Å². The van der Waals surface area contributed by atoms with Crippen molar-refractivity contribution in [1.29, 1.82) is 0 Å². The summed E-state index contributed by atoms with van der Waals surface area (Å²) >= 11 is 7.06. The minimum Gasteiger partial charge on any atom is -0.350 e. The van der Waals surface area contributed by atoms with Crippen LogP contribution in [0.1, 0.15) is 6.92 Å². The molecule has 2 heterocycles. The summed E-state index contributed by atoms with van der Waals surface area (Å²) in [4.78, 5) is 2.17. The van der Waals surface area contributed by atoms with Gasteiger partial charge in [0.25, 0.3) is 0 Å². The van der Waals surface area contributed by atoms with Crippen LogP contribution in [0.5, 0.6) is 0 Å². The van der Waals surface area contributed by atoms with Gasteiger partial charge in [-0.1, -0.05) is 11.6 Å². The SMILES string of the molecule is CC1CN(c2nsnc2Cl)CCN1. The van der Waals surface area contributed by atoms with E-state index in [1.54, 1.807) is 0 Å². The summed E-state index contributed by atoms with van der Waals surface area (Å²) in [5.41, 5.74) is 0. The van der Waals surface area contributed by atoms with Crippen molar-refractivity contribution in [2.75, 3.05) is 24.5 Å². The summed E-state index contributed by atoms with van der Waals surface area (Å²) in [5.74, 6) is 0.833. The quantitative estimate of drug-likeness (QED) is 0.764. The first-order chi connectivity index (χ1) is 6.27. The van der Waals surface area contributed by atoms with E-state index < -0.39 is 0 Å². The standard InChI is InChI=1S/C7H11ClN4S/c1-5-4-12(3-2-9-5)7-6(8)10-13-11-7/h5,9H,2-4H2,1H3. The molecule has 0 amide bonds. The first kappa shape index (κ1) is 9.18. The molecule has 0 saturated carbocycles. The highest BCUT2D eigenvalue weighted by molar-refractivity contribution is 6.99. The van der Waals surface area contributed by atoms with E-state index in [0.717, 1.165) is 25.5 Å². The molecule has 1 atom stereocenters. The van der Waals surface area contributed by atoms with Crippen molar-refractivity contribution in [3.05, 3.63) is 5.15 Å². The average molecular weight is 219 g/mol. The van der Waals surface area contributed by atoms with E-state index in [1.807, 2.05) is 0 Å². The van der Waals surface area contributed by atoms with Gasteiger partial charge in [-0.3, -0.25) is 0 Å². The van der Waals surface area contributed by atoms with E-state index in [0.29, 0.717) is 11.2 Å². The van der Waals surface area contributed by atoms with Gasteiger partial charge in [-0.15, -0.1) is 0 Å². The minimum absolute atomic E-state index is 0.492. The maximum atomic E-state index is 5.90. The molecule has 1 N–H and O–H groups in total. The van der Waals surface area contributed by atoms with Gasteiger partial charge in [0, 0.05) is 25.7 Å². The van der Waals surface area contributed by atoms with Crippen molar-refractivity contribution in [3.8, 4) is 0 Å². The van der Waals surface area contributed by atoms with Crippen LogP contribution in [0, 0.1) is 0 Å². The molecular weight excluding hydrogens is 208 g/mol. The molecule has 0 radical (unpaired) electrons. The Labute approximate surface area is 86.2 Å². The summed E-state index contributed by atoms with van der Waals surface area (Å²) in [7, 11) is 0. The molecule has 0 spiro atoms. The Morgan fingerprint density at radius 1 is 1.62 bits per heavy atom. The zero-order chi connectivity index (χ0) is 9.26. The molecule has 1 aliphatic heterocycles. The maximum Gasteiger partial charge on any atom is 0.187 e. The molecule has 6 heteroatoms. The Bertz CT molecular complexity index is 290.